The largest absolute Gasteiger partial charge is 0.460 e. The normalized spacial score (nSPS) is 15.9. The third-order valence-corrected chi connectivity index (χ3v) is 6.01. The molecule has 0 atom stereocenters. The molecule has 0 amide bonds. The Hall–Kier alpha value is -3.47. The van der Waals surface area contributed by atoms with Crippen molar-refractivity contribution in [3.8, 4) is 11.4 Å². The van der Waals surface area contributed by atoms with E-state index in [1.807, 2.05) is 30.3 Å². The summed E-state index contributed by atoms with van der Waals surface area (Å²) in [7, 11) is 0. The maximum absolute atomic E-state index is 13.4. The van der Waals surface area contributed by atoms with E-state index in [-0.39, 0.29) is 18.1 Å². The summed E-state index contributed by atoms with van der Waals surface area (Å²) in [5, 5.41) is 1.04. The summed E-state index contributed by atoms with van der Waals surface area (Å²) >= 11 is 0. The van der Waals surface area contributed by atoms with Crippen LogP contribution >= 0.6 is 0 Å². The molecule has 0 N–H and O–H groups in total. The van der Waals surface area contributed by atoms with Crippen molar-refractivity contribution in [1.29, 1.82) is 0 Å². The molecule has 144 valence electrons. The number of allylic oxidation sites excluding steroid dienone is 2. The molecule has 2 aliphatic heterocycles. The zero-order chi connectivity index (χ0) is 20.2. The summed E-state index contributed by atoms with van der Waals surface area (Å²) in [6, 6.07) is 12.0. The number of carbonyl (C=O) groups is 1. The Kier molecular flexibility index (Phi) is 3.81. The molecule has 29 heavy (non-hydrogen) atoms. The van der Waals surface area contributed by atoms with Crippen molar-refractivity contribution in [3.63, 3.8) is 0 Å². The lowest BCUT2D eigenvalue weighted by Gasteiger charge is -2.35. The van der Waals surface area contributed by atoms with Crippen LogP contribution in [-0.2, 0) is 28.1 Å². The van der Waals surface area contributed by atoms with E-state index >= 15 is 0 Å². The third kappa shape index (κ3) is 2.37. The van der Waals surface area contributed by atoms with E-state index in [0.717, 1.165) is 27.9 Å². The van der Waals surface area contributed by atoms with Gasteiger partial charge in [-0.05, 0) is 36.6 Å². The fraction of sp³-hybridized carbons (Fsp3) is 0.208. The lowest BCUT2D eigenvalue weighted by Crippen LogP contribution is -2.44. The SMILES string of the molecule is C=CCC1(CC=C)C(=O)OCc2c1cc1n(c2=O)Cc2cc3ccccc3nc2-1. The number of benzene rings is 1. The van der Waals surface area contributed by atoms with Crippen LogP contribution in [0.2, 0.25) is 0 Å². The van der Waals surface area contributed by atoms with Gasteiger partial charge in [0.15, 0.2) is 0 Å². The zero-order valence-corrected chi connectivity index (χ0v) is 16.0. The lowest BCUT2D eigenvalue weighted by atomic mass is 9.72. The number of hydrogen-bond acceptors (Lipinski definition) is 4. The molecule has 5 rings (SSSR count). The van der Waals surface area contributed by atoms with Gasteiger partial charge in [0.05, 0.1) is 29.0 Å². The topological polar surface area (TPSA) is 61.2 Å². The maximum Gasteiger partial charge on any atom is 0.317 e. The highest BCUT2D eigenvalue weighted by atomic mass is 16.5. The third-order valence-electron chi connectivity index (χ3n) is 6.01. The highest BCUT2D eigenvalue weighted by molar-refractivity contribution is 5.87. The predicted octanol–water partition coefficient (Wildman–Crippen LogP) is 3.87. The highest BCUT2D eigenvalue weighted by Crippen LogP contribution is 2.42. The van der Waals surface area contributed by atoms with Crippen molar-refractivity contribution in [2.75, 3.05) is 0 Å². The lowest BCUT2D eigenvalue weighted by molar-refractivity contribution is -0.154. The van der Waals surface area contributed by atoms with Gasteiger partial charge in [0.1, 0.15) is 12.0 Å². The predicted molar refractivity (Wildman–Crippen MR) is 112 cm³/mol. The van der Waals surface area contributed by atoms with Gasteiger partial charge in [-0.1, -0.05) is 30.4 Å². The van der Waals surface area contributed by atoms with Crippen LogP contribution in [0.4, 0.5) is 0 Å². The van der Waals surface area contributed by atoms with Gasteiger partial charge in [0.2, 0.25) is 0 Å². The minimum absolute atomic E-state index is 0.00490. The maximum atomic E-state index is 13.4. The molecule has 0 saturated heterocycles. The quantitative estimate of drug-likeness (QED) is 0.396. The monoisotopic (exact) mass is 384 g/mol. The molecule has 0 fully saturated rings. The Balaban J connectivity index is 1.80. The fourth-order valence-electron chi connectivity index (χ4n) is 4.63. The Morgan fingerprint density at radius 1 is 1.14 bits per heavy atom. The summed E-state index contributed by atoms with van der Waals surface area (Å²) in [6.45, 7) is 8.10. The van der Waals surface area contributed by atoms with Gasteiger partial charge >= 0.3 is 5.97 Å². The van der Waals surface area contributed by atoms with Gasteiger partial charge in [-0.25, -0.2) is 4.98 Å². The van der Waals surface area contributed by atoms with E-state index in [0.29, 0.717) is 30.5 Å². The number of pyridine rings is 2. The Morgan fingerprint density at radius 2 is 1.90 bits per heavy atom. The first-order valence-electron chi connectivity index (χ1n) is 9.64. The van der Waals surface area contributed by atoms with Gasteiger partial charge in [-0.3, -0.25) is 9.59 Å². The molecular formula is C24H20N2O3. The molecule has 0 unspecified atom stereocenters. The van der Waals surface area contributed by atoms with Crippen molar-refractivity contribution in [2.24, 2.45) is 0 Å². The van der Waals surface area contributed by atoms with Crippen LogP contribution in [-0.4, -0.2) is 15.5 Å². The summed E-state index contributed by atoms with van der Waals surface area (Å²) < 4.78 is 7.18. The molecule has 0 aliphatic carbocycles. The molecule has 0 spiro atoms. The van der Waals surface area contributed by atoms with Crippen molar-refractivity contribution >= 4 is 16.9 Å². The second-order valence-electron chi connectivity index (χ2n) is 7.65. The summed E-state index contributed by atoms with van der Waals surface area (Å²) in [6.07, 6.45) is 4.16. The van der Waals surface area contributed by atoms with Crippen LogP contribution < -0.4 is 5.56 Å². The van der Waals surface area contributed by atoms with Gasteiger partial charge in [-0.15, -0.1) is 13.2 Å². The number of fused-ring (bicyclic) bond motifs is 5. The van der Waals surface area contributed by atoms with E-state index in [4.69, 9.17) is 9.72 Å². The Morgan fingerprint density at radius 3 is 2.66 bits per heavy atom. The molecule has 0 saturated carbocycles. The number of carbonyl (C=O) groups excluding carboxylic acids is 1. The van der Waals surface area contributed by atoms with Crippen LogP contribution in [0.15, 0.2) is 66.5 Å². The number of esters is 1. The molecular weight excluding hydrogens is 364 g/mol. The van der Waals surface area contributed by atoms with Crippen LogP contribution in [0, 0.1) is 0 Å². The standard InChI is InChI=1S/C24H20N2O3/c1-3-9-24(10-4-2)18-12-20-21-16(11-15-7-5-6-8-19(15)25-21)13-26(20)22(27)17(18)14-29-23(24)28/h3-8,11-12H,1-2,9-10,13-14H2. The van der Waals surface area contributed by atoms with Crippen LogP contribution in [0.1, 0.15) is 29.5 Å². The summed E-state index contributed by atoms with van der Waals surface area (Å²) in [5.74, 6) is -0.334. The number of hydrogen-bond donors (Lipinski definition) is 0. The van der Waals surface area contributed by atoms with Crippen molar-refractivity contribution in [2.45, 2.75) is 31.4 Å². The average Bonchev–Trinajstić information content (AvgIpc) is 3.08. The molecule has 0 bridgehead atoms. The van der Waals surface area contributed by atoms with Crippen LogP contribution in [0.3, 0.4) is 0 Å². The Bertz CT molecular complexity index is 1260. The minimum atomic E-state index is -0.967. The van der Waals surface area contributed by atoms with Gasteiger partial charge in [-0.2, -0.15) is 0 Å². The van der Waals surface area contributed by atoms with Gasteiger partial charge in [0.25, 0.3) is 5.56 Å². The number of para-hydroxylation sites is 1. The van der Waals surface area contributed by atoms with E-state index in [1.54, 1.807) is 16.7 Å². The van der Waals surface area contributed by atoms with Crippen molar-refractivity contribution < 1.29 is 9.53 Å². The van der Waals surface area contributed by atoms with Crippen LogP contribution in [0.25, 0.3) is 22.3 Å². The summed E-state index contributed by atoms with van der Waals surface area (Å²) in [5.41, 5.74) is 3.61. The smallest absolute Gasteiger partial charge is 0.317 e. The molecule has 0 radical (unpaired) electrons. The highest BCUT2D eigenvalue weighted by Gasteiger charge is 2.46. The first kappa shape index (κ1) is 17.6. The summed E-state index contributed by atoms with van der Waals surface area (Å²) in [4.78, 5) is 31.0. The number of nitrogens with zero attached hydrogens (tertiary/aromatic N) is 2. The molecule has 1 aromatic carbocycles. The van der Waals surface area contributed by atoms with E-state index in [9.17, 15) is 9.59 Å². The molecule has 2 aromatic heterocycles. The minimum Gasteiger partial charge on any atom is -0.460 e. The first-order valence-corrected chi connectivity index (χ1v) is 9.64. The first-order chi connectivity index (χ1) is 14.1. The number of ether oxygens (including phenoxy) is 1. The fourth-order valence-corrected chi connectivity index (χ4v) is 4.63. The Labute approximate surface area is 168 Å². The van der Waals surface area contributed by atoms with Gasteiger partial charge < -0.3 is 9.30 Å². The second kappa shape index (κ2) is 6.27. The number of rotatable bonds is 4. The van der Waals surface area contributed by atoms with E-state index in [2.05, 4.69) is 19.2 Å². The second-order valence-corrected chi connectivity index (χ2v) is 7.65. The zero-order valence-electron chi connectivity index (χ0n) is 16.0. The number of cyclic esters (lactones) is 1. The average molecular weight is 384 g/mol. The molecule has 5 nitrogen and oxygen atoms in total. The van der Waals surface area contributed by atoms with Crippen LogP contribution in [0.5, 0.6) is 0 Å². The van der Waals surface area contributed by atoms with Gasteiger partial charge in [0, 0.05) is 10.9 Å². The van der Waals surface area contributed by atoms with E-state index < -0.39 is 5.41 Å². The molecule has 4 heterocycles. The van der Waals surface area contributed by atoms with E-state index in [1.165, 1.54) is 0 Å². The van der Waals surface area contributed by atoms with Crippen molar-refractivity contribution in [1.82, 2.24) is 9.55 Å². The van der Waals surface area contributed by atoms with Crippen molar-refractivity contribution in [3.05, 3.63) is 88.8 Å². The molecule has 5 heteroatoms. The molecule has 2 aliphatic rings. The molecule has 3 aromatic rings. The number of aromatic nitrogens is 2.